The molecule has 0 aliphatic rings. The minimum absolute atomic E-state index is 0.179. The standard InChI is InChI=1S/C12H14ClN3OS/c1-2-14-6-5-11-15-16-12(18-11)9-7-8(17)3-4-10(9)13/h3-4,7,14,17H,2,5-6H2,1H3. The summed E-state index contributed by atoms with van der Waals surface area (Å²) in [6.07, 6.45) is 0.849. The quantitative estimate of drug-likeness (QED) is 0.829. The lowest BCUT2D eigenvalue weighted by atomic mass is 10.2. The molecule has 2 aromatic rings. The van der Waals surface area contributed by atoms with E-state index in [1.165, 1.54) is 11.3 Å². The Morgan fingerprint density at radius 2 is 2.22 bits per heavy atom. The van der Waals surface area contributed by atoms with E-state index in [1.54, 1.807) is 18.2 Å². The molecule has 0 saturated heterocycles. The molecule has 6 heteroatoms. The first-order valence-electron chi connectivity index (χ1n) is 5.72. The second-order valence-electron chi connectivity index (χ2n) is 3.77. The van der Waals surface area contributed by atoms with Crippen LogP contribution in [0.2, 0.25) is 5.02 Å². The van der Waals surface area contributed by atoms with Gasteiger partial charge in [0.2, 0.25) is 0 Å². The molecule has 4 nitrogen and oxygen atoms in total. The SMILES string of the molecule is CCNCCc1nnc(-c2cc(O)ccc2Cl)s1. The van der Waals surface area contributed by atoms with Crippen molar-refractivity contribution in [2.75, 3.05) is 13.1 Å². The molecule has 0 atom stereocenters. The molecule has 0 saturated carbocycles. The van der Waals surface area contributed by atoms with Gasteiger partial charge in [-0.1, -0.05) is 29.9 Å². The summed E-state index contributed by atoms with van der Waals surface area (Å²) in [5.74, 6) is 0.179. The number of phenols is 1. The number of nitrogens with zero attached hydrogens (tertiary/aromatic N) is 2. The van der Waals surface area contributed by atoms with Crippen molar-refractivity contribution in [1.82, 2.24) is 15.5 Å². The second kappa shape index (κ2) is 6.13. The molecule has 0 unspecified atom stereocenters. The van der Waals surface area contributed by atoms with E-state index >= 15 is 0 Å². The molecular formula is C12H14ClN3OS. The number of aromatic hydroxyl groups is 1. The predicted molar refractivity (Wildman–Crippen MR) is 74.3 cm³/mol. The molecule has 1 aromatic heterocycles. The summed E-state index contributed by atoms with van der Waals surface area (Å²) in [5, 5.41) is 23.2. The first-order valence-corrected chi connectivity index (χ1v) is 6.92. The van der Waals surface area contributed by atoms with Gasteiger partial charge in [0.1, 0.15) is 15.8 Å². The van der Waals surface area contributed by atoms with Gasteiger partial charge in [-0.15, -0.1) is 10.2 Å². The molecule has 0 aliphatic carbocycles. The average molecular weight is 284 g/mol. The van der Waals surface area contributed by atoms with Gasteiger partial charge in [0.05, 0.1) is 5.02 Å². The Bertz CT molecular complexity index is 530. The van der Waals surface area contributed by atoms with Crippen LogP contribution in [0.25, 0.3) is 10.6 Å². The van der Waals surface area contributed by atoms with Crippen molar-refractivity contribution in [3.8, 4) is 16.3 Å². The van der Waals surface area contributed by atoms with Gasteiger partial charge in [-0.2, -0.15) is 0 Å². The van der Waals surface area contributed by atoms with Crippen LogP contribution in [0.4, 0.5) is 0 Å². The van der Waals surface area contributed by atoms with Crippen LogP contribution < -0.4 is 5.32 Å². The van der Waals surface area contributed by atoms with Crippen molar-refractivity contribution in [1.29, 1.82) is 0 Å². The largest absolute Gasteiger partial charge is 0.508 e. The zero-order valence-electron chi connectivity index (χ0n) is 9.98. The molecule has 0 spiro atoms. The number of likely N-dealkylation sites (N-methyl/N-ethyl adjacent to an activating group) is 1. The molecule has 96 valence electrons. The monoisotopic (exact) mass is 283 g/mol. The van der Waals surface area contributed by atoms with Crippen LogP contribution >= 0.6 is 22.9 Å². The lowest BCUT2D eigenvalue weighted by Gasteiger charge is -2.00. The maximum Gasteiger partial charge on any atom is 0.149 e. The van der Waals surface area contributed by atoms with Gasteiger partial charge in [-0.05, 0) is 24.7 Å². The smallest absolute Gasteiger partial charge is 0.149 e. The fourth-order valence-corrected chi connectivity index (χ4v) is 2.65. The molecular weight excluding hydrogens is 270 g/mol. The predicted octanol–water partition coefficient (Wildman–Crippen LogP) is 2.72. The third kappa shape index (κ3) is 3.19. The van der Waals surface area contributed by atoms with E-state index in [0.717, 1.165) is 35.1 Å². The van der Waals surface area contributed by atoms with Gasteiger partial charge in [-0.3, -0.25) is 0 Å². The van der Waals surface area contributed by atoms with Crippen LogP contribution in [-0.2, 0) is 6.42 Å². The van der Waals surface area contributed by atoms with Crippen LogP contribution in [-0.4, -0.2) is 28.4 Å². The number of halogens is 1. The maximum absolute atomic E-state index is 9.47. The van der Waals surface area contributed by atoms with Gasteiger partial charge < -0.3 is 10.4 Å². The molecule has 1 heterocycles. The second-order valence-corrected chi connectivity index (χ2v) is 5.24. The van der Waals surface area contributed by atoms with E-state index in [9.17, 15) is 5.11 Å². The highest BCUT2D eigenvalue weighted by atomic mass is 35.5. The summed E-state index contributed by atoms with van der Waals surface area (Å²) < 4.78 is 0. The van der Waals surface area contributed by atoms with Gasteiger partial charge in [0.15, 0.2) is 0 Å². The molecule has 0 radical (unpaired) electrons. The zero-order valence-corrected chi connectivity index (χ0v) is 11.6. The summed E-state index contributed by atoms with van der Waals surface area (Å²) in [6.45, 7) is 3.90. The molecule has 0 amide bonds. The van der Waals surface area contributed by atoms with Crippen LogP contribution in [0.15, 0.2) is 18.2 Å². The van der Waals surface area contributed by atoms with E-state index in [0.29, 0.717) is 5.02 Å². The van der Waals surface area contributed by atoms with Crippen molar-refractivity contribution in [3.05, 3.63) is 28.2 Å². The number of aromatic nitrogens is 2. The van der Waals surface area contributed by atoms with E-state index in [-0.39, 0.29) is 5.75 Å². The number of phenolic OH excluding ortho intramolecular Hbond substituents is 1. The third-order valence-corrected chi connectivity index (χ3v) is 3.76. The number of hydrogen-bond acceptors (Lipinski definition) is 5. The lowest BCUT2D eigenvalue weighted by molar-refractivity contribution is 0.475. The molecule has 18 heavy (non-hydrogen) atoms. The first kappa shape index (κ1) is 13.3. The summed E-state index contributed by atoms with van der Waals surface area (Å²) in [5.41, 5.74) is 0.726. The minimum atomic E-state index is 0.179. The molecule has 2 rings (SSSR count). The van der Waals surface area contributed by atoms with Crippen LogP contribution in [0.1, 0.15) is 11.9 Å². The number of hydrogen-bond donors (Lipinski definition) is 2. The average Bonchev–Trinajstić information content (AvgIpc) is 2.81. The number of nitrogens with one attached hydrogen (secondary N) is 1. The number of rotatable bonds is 5. The summed E-state index contributed by atoms with van der Waals surface area (Å²) in [6, 6.07) is 4.82. The van der Waals surface area contributed by atoms with Crippen LogP contribution in [0.3, 0.4) is 0 Å². The van der Waals surface area contributed by atoms with Gasteiger partial charge in [0.25, 0.3) is 0 Å². The Balaban J connectivity index is 2.16. The molecule has 2 N–H and O–H groups in total. The highest BCUT2D eigenvalue weighted by Gasteiger charge is 2.10. The van der Waals surface area contributed by atoms with Gasteiger partial charge in [-0.25, -0.2) is 0 Å². The third-order valence-electron chi connectivity index (χ3n) is 2.41. The molecule has 0 fully saturated rings. The minimum Gasteiger partial charge on any atom is -0.508 e. The lowest BCUT2D eigenvalue weighted by Crippen LogP contribution is -2.15. The summed E-state index contributed by atoms with van der Waals surface area (Å²) in [4.78, 5) is 0. The van der Waals surface area contributed by atoms with E-state index in [2.05, 4.69) is 22.4 Å². The Morgan fingerprint density at radius 3 is 3.00 bits per heavy atom. The highest BCUT2D eigenvalue weighted by molar-refractivity contribution is 7.14. The Morgan fingerprint density at radius 1 is 1.39 bits per heavy atom. The van der Waals surface area contributed by atoms with Gasteiger partial charge >= 0.3 is 0 Å². The van der Waals surface area contributed by atoms with E-state index in [1.807, 2.05) is 0 Å². The number of benzene rings is 1. The van der Waals surface area contributed by atoms with Crippen LogP contribution in [0, 0.1) is 0 Å². The van der Waals surface area contributed by atoms with Crippen molar-refractivity contribution >= 4 is 22.9 Å². The Kier molecular flexibility index (Phi) is 4.52. The summed E-state index contributed by atoms with van der Waals surface area (Å²) in [7, 11) is 0. The molecule has 0 aliphatic heterocycles. The fourth-order valence-electron chi connectivity index (χ4n) is 1.51. The normalized spacial score (nSPS) is 10.8. The summed E-state index contributed by atoms with van der Waals surface area (Å²) >= 11 is 7.58. The molecule has 0 bridgehead atoms. The van der Waals surface area contributed by atoms with Crippen LogP contribution in [0.5, 0.6) is 5.75 Å². The Hall–Kier alpha value is -1.17. The van der Waals surface area contributed by atoms with Crippen molar-refractivity contribution in [2.24, 2.45) is 0 Å². The zero-order chi connectivity index (χ0) is 13.0. The fraction of sp³-hybridized carbons (Fsp3) is 0.333. The highest BCUT2D eigenvalue weighted by Crippen LogP contribution is 2.32. The first-order chi connectivity index (χ1) is 8.70. The van der Waals surface area contributed by atoms with E-state index in [4.69, 9.17) is 11.6 Å². The molecule has 1 aromatic carbocycles. The Labute approximate surface area is 115 Å². The van der Waals surface area contributed by atoms with Gasteiger partial charge in [0, 0.05) is 18.5 Å². The van der Waals surface area contributed by atoms with Crippen molar-refractivity contribution < 1.29 is 5.11 Å². The topological polar surface area (TPSA) is 58.0 Å². The van der Waals surface area contributed by atoms with Crippen molar-refractivity contribution in [3.63, 3.8) is 0 Å². The van der Waals surface area contributed by atoms with E-state index < -0.39 is 0 Å². The van der Waals surface area contributed by atoms with Crippen molar-refractivity contribution in [2.45, 2.75) is 13.3 Å². The maximum atomic E-state index is 9.47.